The van der Waals surface area contributed by atoms with Crippen LogP contribution in [0.2, 0.25) is 0 Å². The molecule has 2 aliphatic carbocycles. The fourth-order valence-electron chi connectivity index (χ4n) is 8.24. The van der Waals surface area contributed by atoms with Crippen LogP contribution in [0.25, 0.3) is 0 Å². The van der Waals surface area contributed by atoms with Gasteiger partial charge in [0.05, 0.1) is 7.11 Å². The summed E-state index contributed by atoms with van der Waals surface area (Å²) in [4.78, 5) is 5.20. The number of ether oxygens (including phenoxy) is 2. The summed E-state index contributed by atoms with van der Waals surface area (Å²) < 4.78 is 12.8. The Kier molecular flexibility index (Phi) is 5.49. The zero-order valence-electron chi connectivity index (χ0n) is 21.8. The molecule has 1 N–H and O–H groups in total. The molecule has 5 nitrogen and oxygen atoms in total. The van der Waals surface area contributed by atoms with Crippen molar-refractivity contribution < 1.29 is 14.6 Å². The van der Waals surface area contributed by atoms with E-state index >= 15 is 0 Å². The molecule has 2 heterocycles. The summed E-state index contributed by atoms with van der Waals surface area (Å²) in [5.74, 6) is 2.29. The summed E-state index contributed by atoms with van der Waals surface area (Å²) in [6.45, 7) is 2.81. The van der Waals surface area contributed by atoms with Crippen LogP contribution in [0.5, 0.6) is 17.2 Å². The highest BCUT2D eigenvalue weighted by Gasteiger charge is 2.66. The molecule has 3 aromatic carbocycles. The van der Waals surface area contributed by atoms with Crippen LogP contribution in [-0.2, 0) is 24.9 Å². The lowest BCUT2D eigenvalue weighted by atomic mass is 9.51. The Bertz CT molecular complexity index is 1250. The molecule has 0 amide bonds. The number of methoxy groups -OCH3 is 1. The standard InChI is InChI=1S/C32H36N2O3/c1-33-16-15-32-24-13-14-25(34(19-21-9-5-3-6-10-21)20-22-11-7-4-8-12-22)31(32)37-30-27(35)18-28(36-2)23(29(30)32)17-26(24)33/h3-12,18,24-26,31,35H,13-17,19-20H2,1-2H3/t24-,25+,26+,31-,32-/m0/s1. The fourth-order valence-corrected chi connectivity index (χ4v) is 8.24. The molecule has 3 aromatic rings. The number of hydrogen-bond donors (Lipinski definition) is 1. The second-order valence-corrected chi connectivity index (χ2v) is 11.5. The van der Waals surface area contributed by atoms with Crippen molar-refractivity contribution in [3.63, 3.8) is 0 Å². The molecule has 0 unspecified atom stereocenters. The van der Waals surface area contributed by atoms with Gasteiger partial charge in [0.2, 0.25) is 0 Å². The molecule has 0 radical (unpaired) electrons. The first kappa shape index (κ1) is 23.1. The molecular weight excluding hydrogens is 460 g/mol. The summed E-state index contributed by atoms with van der Waals surface area (Å²) in [6.07, 6.45) is 4.32. The van der Waals surface area contributed by atoms with E-state index in [1.165, 1.54) is 28.7 Å². The molecule has 4 aliphatic rings. The van der Waals surface area contributed by atoms with Crippen molar-refractivity contribution >= 4 is 0 Å². The smallest absolute Gasteiger partial charge is 0.165 e. The molecule has 2 fully saturated rings. The van der Waals surface area contributed by atoms with E-state index in [1.54, 1.807) is 13.2 Å². The molecule has 37 heavy (non-hydrogen) atoms. The van der Waals surface area contributed by atoms with E-state index in [0.717, 1.165) is 50.4 Å². The van der Waals surface area contributed by atoms with E-state index < -0.39 is 0 Å². The van der Waals surface area contributed by atoms with Crippen molar-refractivity contribution in [2.45, 2.75) is 62.4 Å². The van der Waals surface area contributed by atoms with Gasteiger partial charge in [0.15, 0.2) is 11.5 Å². The van der Waals surface area contributed by atoms with Gasteiger partial charge in [-0.15, -0.1) is 0 Å². The zero-order valence-corrected chi connectivity index (χ0v) is 21.8. The van der Waals surface area contributed by atoms with Gasteiger partial charge in [0, 0.05) is 47.8 Å². The summed E-state index contributed by atoms with van der Waals surface area (Å²) in [5.41, 5.74) is 5.07. The van der Waals surface area contributed by atoms with Crippen LogP contribution >= 0.6 is 0 Å². The highest BCUT2D eigenvalue weighted by Crippen LogP contribution is 2.65. The largest absolute Gasteiger partial charge is 0.504 e. The average molecular weight is 497 g/mol. The molecule has 1 spiro atoms. The Labute approximate surface area is 219 Å². The third kappa shape index (κ3) is 3.44. The van der Waals surface area contributed by atoms with Crippen molar-refractivity contribution in [1.29, 1.82) is 0 Å². The molecule has 7 rings (SSSR count). The minimum atomic E-state index is -0.0827. The van der Waals surface area contributed by atoms with E-state index in [2.05, 4.69) is 77.5 Å². The first-order chi connectivity index (χ1) is 18.1. The number of nitrogens with zero attached hydrogens (tertiary/aromatic N) is 2. The Morgan fingerprint density at radius 3 is 2.35 bits per heavy atom. The third-order valence-electron chi connectivity index (χ3n) is 9.80. The lowest BCUT2D eigenvalue weighted by molar-refractivity contribution is -0.0865. The molecule has 192 valence electrons. The molecule has 2 aliphatic heterocycles. The van der Waals surface area contributed by atoms with Crippen LogP contribution < -0.4 is 9.47 Å². The number of hydrogen-bond acceptors (Lipinski definition) is 5. The predicted molar refractivity (Wildman–Crippen MR) is 144 cm³/mol. The van der Waals surface area contributed by atoms with Gasteiger partial charge >= 0.3 is 0 Å². The van der Waals surface area contributed by atoms with Crippen molar-refractivity contribution in [3.8, 4) is 17.2 Å². The maximum absolute atomic E-state index is 11.1. The quantitative estimate of drug-likeness (QED) is 0.512. The molecular formula is C32H36N2O3. The molecule has 5 atom stereocenters. The first-order valence-electron chi connectivity index (χ1n) is 13.7. The average Bonchev–Trinajstić information content (AvgIpc) is 3.27. The summed E-state index contributed by atoms with van der Waals surface area (Å²) in [6, 6.07) is 24.1. The van der Waals surface area contributed by atoms with Gasteiger partial charge < -0.3 is 19.5 Å². The minimum absolute atomic E-state index is 0.0157. The van der Waals surface area contributed by atoms with Gasteiger partial charge in [-0.05, 0) is 56.3 Å². The van der Waals surface area contributed by atoms with E-state index in [4.69, 9.17) is 9.47 Å². The van der Waals surface area contributed by atoms with Gasteiger partial charge in [-0.1, -0.05) is 60.7 Å². The number of piperidine rings is 1. The lowest BCUT2D eigenvalue weighted by Gasteiger charge is -2.60. The van der Waals surface area contributed by atoms with Gasteiger partial charge in [0.25, 0.3) is 0 Å². The van der Waals surface area contributed by atoms with E-state index in [1.807, 2.05) is 0 Å². The van der Waals surface area contributed by atoms with Crippen molar-refractivity contribution in [2.24, 2.45) is 5.92 Å². The van der Waals surface area contributed by atoms with Gasteiger partial charge in [-0.3, -0.25) is 4.90 Å². The van der Waals surface area contributed by atoms with Gasteiger partial charge in [-0.2, -0.15) is 0 Å². The Balaban J connectivity index is 1.34. The Hall–Kier alpha value is -3.02. The second-order valence-electron chi connectivity index (χ2n) is 11.5. The summed E-state index contributed by atoms with van der Waals surface area (Å²) >= 11 is 0. The molecule has 1 saturated heterocycles. The topological polar surface area (TPSA) is 45.2 Å². The maximum atomic E-state index is 11.1. The predicted octanol–water partition coefficient (Wildman–Crippen LogP) is 5.14. The van der Waals surface area contributed by atoms with Crippen LogP contribution in [0, 0.1) is 5.92 Å². The normalized spacial score (nSPS) is 29.6. The van der Waals surface area contributed by atoms with Crippen LogP contribution in [0.3, 0.4) is 0 Å². The van der Waals surface area contributed by atoms with Crippen molar-refractivity contribution in [3.05, 3.63) is 89.0 Å². The monoisotopic (exact) mass is 496 g/mol. The van der Waals surface area contributed by atoms with E-state index in [9.17, 15) is 5.11 Å². The number of benzene rings is 3. The fraction of sp³-hybridized carbons (Fsp3) is 0.438. The number of aromatic hydroxyl groups is 1. The highest BCUT2D eigenvalue weighted by atomic mass is 16.5. The summed E-state index contributed by atoms with van der Waals surface area (Å²) in [5, 5.41) is 11.1. The molecule has 1 saturated carbocycles. The van der Waals surface area contributed by atoms with E-state index in [-0.39, 0.29) is 23.3 Å². The maximum Gasteiger partial charge on any atom is 0.165 e. The van der Waals surface area contributed by atoms with Crippen LogP contribution in [0.1, 0.15) is 41.5 Å². The Morgan fingerprint density at radius 1 is 1.03 bits per heavy atom. The zero-order chi connectivity index (χ0) is 25.1. The summed E-state index contributed by atoms with van der Waals surface area (Å²) in [7, 11) is 4.00. The Morgan fingerprint density at radius 2 is 1.70 bits per heavy atom. The SMILES string of the molecule is COc1cc(O)c2c3c1C[C@@H]1[C@@H]4CC[C@@H](N(Cc5ccccc5)Cc5ccccc5)[C@H](O2)[C@]34CCN1C. The number of phenolic OH excluding ortho intramolecular Hbond substituents is 1. The highest BCUT2D eigenvalue weighted by molar-refractivity contribution is 5.65. The van der Waals surface area contributed by atoms with Crippen molar-refractivity contribution in [2.75, 3.05) is 20.7 Å². The van der Waals surface area contributed by atoms with Crippen LogP contribution in [0.4, 0.5) is 0 Å². The number of phenols is 1. The van der Waals surface area contributed by atoms with Gasteiger partial charge in [0.1, 0.15) is 11.9 Å². The van der Waals surface area contributed by atoms with Gasteiger partial charge in [-0.25, -0.2) is 0 Å². The first-order valence-corrected chi connectivity index (χ1v) is 13.7. The van der Waals surface area contributed by atoms with Crippen LogP contribution in [-0.4, -0.2) is 53.8 Å². The number of rotatable bonds is 6. The lowest BCUT2D eigenvalue weighted by Crippen LogP contribution is -2.68. The minimum Gasteiger partial charge on any atom is -0.504 e. The molecule has 5 heteroatoms. The third-order valence-corrected chi connectivity index (χ3v) is 9.80. The van der Waals surface area contributed by atoms with Crippen LogP contribution in [0.15, 0.2) is 66.7 Å². The second kappa shape index (κ2) is 8.78. The van der Waals surface area contributed by atoms with Crippen molar-refractivity contribution in [1.82, 2.24) is 9.80 Å². The van der Waals surface area contributed by atoms with E-state index in [0.29, 0.717) is 12.0 Å². The number of likely N-dealkylation sites (tertiary alicyclic amines) is 1. The molecule has 2 bridgehead atoms. The molecule has 0 aromatic heterocycles. The number of likely N-dealkylation sites (N-methyl/N-ethyl adjacent to an activating group) is 1.